The van der Waals surface area contributed by atoms with Crippen LogP contribution in [-0.2, 0) is 16.1 Å². The van der Waals surface area contributed by atoms with E-state index in [0.29, 0.717) is 18.1 Å². The van der Waals surface area contributed by atoms with Crippen LogP contribution in [0.2, 0.25) is 5.02 Å². The molecule has 4 nitrogen and oxygen atoms in total. The molecule has 1 heterocycles. The average molecular weight is 298 g/mol. The number of carbonyl (C=O) groups excluding carboxylic acids is 1. The maximum Gasteiger partial charge on any atom is 0.275 e. The van der Waals surface area contributed by atoms with Crippen LogP contribution in [0.1, 0.15) is 19.4 Å². The summed E-state index contributed by atoms with van der Waals surface area (Å²) in [5.74, 6) is 0.0706. The summed E-state index contributed by atoms with van der Waals surface area (Å²) in [6.07, 6.45) is 0.434. The smallest absolute Gasteiger partial charge is 0.275 e. The van der Waals surface area contributed by atoms with Crippen molar-refractivity contribution >= 4 is 17.5 Å². The SMILES string of the molecule is C[C@@H]1C[NH+](CC(=O)NCc2cccc(Cl)c2)C[C@H](C)O1. The van der Waals surface area contributed by atoms with Gasteiger partial charge in [-0.1, -0.05) is 23.7 Å². The van der Waals surface area contributed by atoms with Gasteiger partial charge in [0.2, 0.25) is 0 Å². The number of nitrogens with one attached hydrogen (secondary N) is 2. The van der Waals surface area contributed by atoms with Crippen LogP contribution in [0.4, 0.5) is 0 Å². The molecule has 20 heavy (non-hydrogen) atoms. The summed E-state index contributed by atoms with van der Waals surface area (Å²) in [6, 6.07) is 7.54. The van der Waals surface area contributed by atoms with Gasteiger partial charge in [0.1, 0.15) is 25.3 Å². The van der Waals surface area contributed by atoms with Crippen molar-refractivity contribution in [1.82, 2.24) is 5.32 Å². The zero-order valence-corrected chi connectivity index (χ0v) is 12.7. The van der Waals surface area contributed by atoms with Gasteiger partial charge in [0.25, 0.3) is 5.91 Å². The van der Waals surface area contributed by atoms with Gasteiger partial charge in [-0.05, 0) is 31.5 Å². The summed E-state index contributed by atoms with van der Waals surface area (Å²) in [4.78, 5) is 13.3. The molecule has 110 valence electrons. The predicted octanol–water partition coefficient (Wildman–Crippen LogP) is 0.648. The maximum absolute atomic E-state index is 12.0. The van der Waals surface area contributed by atoms with Gasteiger partial charge in [-0.25, -0.2) is 0 Å². The van der Waals surface area contributed by atoms with E-state index in [1.165, 1.54) is 4.90 Å². The molecule has 0 bridgehead atoms. The number of ether oxygens (including phenoxy) is 1. The summed E-state index contributed by atoms with van der Waals surface area (Å²) in [5, 5.41) is 3.64. The van der Waals surface area contributed by atoms with E-state index >= 15 is 0 Å². The first kappa shape index (κ1) is 15.3. The molecule has 1 amide bonds. The third-order valence-corrected chi connectivity index (χ3v) is 3.64. The van der Waals surface area contributed by atoms with Crippen LogP contribution in [0.3, 0.4) is 0 Å². The van der Waals surface area contributed by atoms with Crippen molar-refractivity contribution in [3.63, 3.8) is 0 Å². The van der Waals surface area contributed by atoms with Gasteiger partial charge < -0.3 is 15.0 Å². The topological polar surface area (TPSA) is 42.8 Å². The third-order valence-electron chi connectivity index (χ3n) is 3.41. The molecule has 0 aliphatic carbocycles. The first-order valence-electron chi connectivity index (χ1n) is 7.03. The maximum atomic E-state index is 12.0. The Morgan fingerprint density at radius 3 is 2.75 bits per heavy atom. The number of hydrogen-bond acceptors (Lipinski definition) is 2. The molecule has 3 atom stereocenters. The molecule has 1 saturated heterocycles. The van der Waals surface area contributed by atoms with E-state index in [2.05, 4.69) is 19.2 Å². The van der Waals surface area contributed by atoms with E-state index < -0.39 is 0 Å². The molecule has 1 aliphatic heterocycles. The highest BCUT2D eigenvalue weighted by molar-refractivity contribution is 6.30. The Morgan fingerprint density at radius 1 is 1.40 bits per heavy atom. The molecule has 1 aromatic carbocycles. The minimum atomic E-state index is 0.0706. The van der Waals surface area contributed by atoms with Gasteiger partial charge in [0, 0.05) is 11.6 Å². The monoisotopic (exact) mass is 297 g/mol. The van der Waals surface area contributed by atoms with Crippen LogP contribution in [0.15, 0.2) is 24.3 Å². The van der Waals surface area contributed by atoms with Crippen molar-refractivity contribution < 1.29 is 14.4 Å². The summed E-state index contributed by atoms with van der Waals surface area (Å²) in [7, 11) is 0. The molecular formula is C15H22ClN2O2+. The number of benzene rings is 1. The highest BCUT2D eigenvalue weighted by Gasteiger charge is 2.26. The van der Waals surface area contributed by atoms with Crippen LogP contribution in [-0.4, -0.2) is 37.7 Å². The zero-order valence-electron chi connectivity index (χ0n) is 12.0. The van der Waals surface area contributed by atoms with E-state index in [4.69, 9.17) is 16.3 Å². The lowest BCUT2D eigenvalue weighted by Gasteiger charge is -2.31. The summed E-state index contributed by atoms with van der Waals surface area (Å²) < 4.78 is 5.67. The minimum Gasteiger partial charge on any atom is -0.364 e. The van der Waals surface area contributed by atoms with Gasteiger partial charge >= 0.3 is 0 Å². The predicted molar refractivity (Wildman–Crippen MR) is 78.9 cm³/mol. The molecule has 5 heteroatoms. The first-order valence-corrected chi connectivity index (χ1v) is 7.41. The highest BCUT2D eigenvalue weighted by Crippen LogP contribution is 2.10. The Hall–Kier alpha value is -1.10. The number of carbonyl (C=O) groups is 1. The quantitative estimate of drug-likeness (QED) is 0.857. The minimum absolute atomic E-state index is 0.0706. The Bertz CT molecular complexity index is 457. The highest BCUT2D eigenvalue weighted by atomic mass is 35.5. The van der Waals surface area contributed by atoms with E-state index in [9.17, 15) is 4.79 Å². The molecule has 0 radical (unpaired) electrons. The third kappa shape index (κ3) is 4.78. The number of hydrogen-bond donors (Lipinski definition) is 2. The standard InChI is InChI=1S/C15H21ClN2O2/c1-11-8-18(9-12(2)20-11)10-15(19)17-7-13-4-3-5-14(16)6-13/h3-6,11-12H,7-10H2,1-2H3,(H,17,19)/p+1/t11-,12+. The second-order valence-electron chi connectivity index (χ2n) is 5.50. The molecule has 0 saturated carbocycles. The summed E-state index contributed by atoms with van der Waals surface area (Å²) >= 11 is 5.92. The van der Waals surface area contributed by atoms with E-state index in [1.807, 2.05) is 24.3 Å². The van der Waals surface area contributed by atoms with Gasteiger partial charge in [-0.15, -0.1) is 0 Å². The molecule has 1 unspecified atom stereocenters. The van der Waals surface area contributed by atoms with Crippen molar-refractivity contribution in [2.24, 2.45) is 0 Å². The van der Waals surface area contributed by atoms with Gasteiger partial charge in [-0.2, -0.15) is 0 Å². The molecule has 0 spiro atoms. The number of morpholine rings is 1. The molecule has 0 aromatic heterocycles. The fourth-order valence-electron chi connectivity index (χ4n) is 2.67. The molecular weight excluding hydrogens is 276 g/mol. The average Bonchev–Trinajstić information content (AvgIpc) is 2.35. The van der Waals surface area contributed by atoms with Gasteiger partial charge in [0.05, 0.1) is 0 Å². The fourth-order valence-corrected chi connectivity index (χ4v) is 2.88. The second kappa shape index (κ2) is 7.07. The number of quaternary nitrogens is 1. The normalized spacial score (nSPS) is 26.2. The Kier molecular flexibility index (Phi) is 5.40. The van der Waals surface area contributed by atoms with Crippen molar-refractivity contribution in [2.45, 2.75) is 32.6 Å². The van der Waals surface area contributed by atoms with Crippen LogP contribution < -0.4 is 10.2 Å². The van der Waals surface area contributed by atoms with E-state index in [-0.39, 0.29) is 18.1 Å². The lowest BCUT2D eigenvalue weighted by Crippen LogP contribution is -3.16. The largest absolute Gasteiger partial charge is 0.364 e. The number of amides is 1. The van der Waals surface area contributed by atoms with Gasteiger partial charge in [0.15, 0.2) is 6.54 Å². The lowest BCUT2D eigenvalue weighted by atomic mass is 10.2. The Balaban J connectivity index is 1.78. The summed E-state index contributed by atoms with van der Waals surface area (Å²) in [5.41, 5.74) is 1.02. The van der Waals surface area contributed by atoms with Gasteiger partial charge in [-0.3, -0.25) is 4.79 Å². The van der Waals surface area contributed by atoms with Crippen molar-refractivity contribution in [3.05, 3.63) is 34.9 Å². The van der Waals surface area contributed by atoms with Crippen LogP contribution in [0, 0.1) is 0 Å². The van der Waals surface area contributed by atoms with Crippen LogP contribution >= 0.6 is 11.6 Å². The van der Waals surface area contributed by atoms with Crippen molar-refractivity contribution in [3.8, 4) is 0 Å². The Labute approximate surface area is 125 Å². The Morgan fingerprint density at radius 2 is 2.10 bits per heavy atom. The lowest BCUT2D eigenvalue weighted by molar-refractivity contribution is -0.907. The number of halogens is 1. The zero-order chi connectivity index (χ0) is 14.5. The molecule has 1 fully saturated rings. The molecule has 1 aromatic rings. The molecule has 2 rings (SSSR count). The first-order chi connectivity index (χ1) is 9.52. The summed E-state index contributed by atoms with van der Waals surface area (Å²) in [6.45, 7) is 6.90. The van der Waals surface area contributed by atoms with Crippen molar-refractivity contribution in [2.75, 3.05) is 19.6 Å². The van der Waals surface area contributed by atoms with E-state index in [1.54, 1.807) is 0 Å². The molecule has 1 aliphatic rings. The van der Waals surface area contributed by atoms with Crippen molar-refractivity contribution in [1.29, 1.82) is 0 Å². The molecule has 2 N–H and O–H groups in total. The fraction of sp³-hybridized carbons (Fsp3) is 0.533. The van der Waals surface area contributed by atoms with Crippen LogP contribution in [0.5, 0.6) is 0 Å². The second-order valence-corrected chi connectivity index (χ2v) is 5.94. The van der Waals surface area contributed by atoms with Crippen LogP contribution in [0.25, 0.3) is 0 Å². The van der Waals surface area contributed by atoms with E-state index in [0.717, 1.165) is 18.7 Å². The number of rotatable bonds is 4.